The van der Waals surface area contributed by atoms with Gasteiger partial charge < -0.3 is 10.2 Å². The van der Waals surface area contributed by atoms with E-state index in [4.69, 9.17) is 0 Å². The van der Waals surface area contributed by atoms with Gasteiger partial charge in [-0.25, -0.2) is 4.98 Å². The summed E-state index contributed by atoms with van der Waals surface area (Å²) in [7, 11) is 0. The lowest BCUT2D eigenvalue weighted by molar-refractivity contribution is -0.120. The molecule has 6 nitrogen and oxygen atoms in total. The second kappa shape index (κ2) is 6.39. The Morgan fingerprint density at radius 1 is 1.36 bits per heavy atom. The molecule has 0 aromatic carbocycles. The third-order valence-corrected chi connectivity index (χ3v) is 4.57. The van der Waals surface area contributed by atoms with Crippen LogP contribution in [0, 0.1) is 19.8 Å². The largest absolute Gasteiger partial charge is 0.355 e. The third-order valence-electron chi connectivity index (χ3n) is 3.66. The van der Waals surface area contributed by atoms with Crippen LogP contribution in [0.5, 0.6) is 0 Å². The third kappa shape index (κ3) is 3.59. The van der Waals surface area contributed by atoms with Crippen LogP contribution in [0.25, 0.3) is 0 Å². The van der Waals surface area contributed by atoms with Crippen LogP contribution in [0.1, 0.15) is 15.6 Å². The Morgan fingerprint density at radius 3 is 2.82 bits per heavy atom. The van der Waals surface area contributed by atoms with Gasteiger partial charge in [0.2, 0.25) is 5.91 Å². The minimum absolute atomic E-state index is 0.0669. The van der Waals surface area contributed by atoms with Crippen molar-refractivity contribution in [1.29, 1.82) is 0 Å². The van der Waals surface area contributed by atoms with E-state index >= 15 is 0 Å². The first-order valence-corrected chi connectivity index (χ1v) is 8.15. The molecule has 0 unspecified atom stereocenters. The van der Waals surface area contributed by atoms with Gasteiger partial charge in [-0.15, -0.1) is 16.4 Å². The summed E-state index contributed by atoms with van der Waals surface area (Å²) in [6, 6.07) is 3.96. The molecule has 3 rings (SSSR count). The highest BCUT2D eigenvalue weighted by atomic mass is 32.1. The van der Waals surface area contributed by atoms with Crippen molar-refractivity contribution in [3.8, 4) is 0 Å². The number of carbonyl (C=O) groups is 1. The van der Waals surface area contributed by atoms with Crippen molar-refractivity contribution in [1.82, 2.24) is 20.5 Å². The molecular formula is C15H19N5OS. The van der Waals surface area contributed by atoms with E-state index in [1.807, 2.05) is 26.0 Å². The van der Waals surface area contributed by atoms with Gasteiger partial charge in [0.1, 0.15) is 0 Å². The van der Waals surface area contributed by atoms with Crippen molar-refractivity contribution in [2.75, 3.05) is 24.5 Å². The maximum Gasteiger partial charge on any atom is 0.225 e. The standard InChI is InChI=1S/C15H19N5OS/c1-10-3-4-14(19-18-10)20-8-12(9-20)6-17-15(21)5-13-7-16-11(2)22-13/h3-4,7,12H,5-6,8-9H2,1-2H3,(H,17,21). The van der Waals surface area contributed by atoms with Gasteiger partial charge in [0.25, 0.3) is 0 Å². The number of aromatic nitrogens is 3. The van der Waals surface area contributed by atoms with Crippen LogP contribution in [0.2, 0.25) is 0 Å². The molecule has 1 amide bonds. The van der Waals surface area contributed by atoms with Gasteiger partial charge in [0, 0.05) is 36.6 Å². The van der Waals surface area contributed by atoms with Crippen LogP contribution in [0.4, 0.5) is 5.82 Å². The number of amides is 1. The van der Waals surface area contributed by atoms with Gasteiger partial charge in [0.15, 0.2) is 5.82 Å². The predicted octanol–water partition coefficient (Wildman–Crippen LogP) is 1.35. The van der Waals surface area contributed by atoms with Crippen LogP contribution in [-0.4, -0.2) is 40.7 Å². The molecular weight excluding hydrogens is 298 g/mol. The first-order chi connectivity index (χ1) is 10.6. The van der Waals surface area contributed by atoms with E-state index < -0.39 is 0 Å². The first-order valence-electron chi connectivity index (χ1n) is 7.33. The van der Waals surface area contributed by atoms with Crippen molar-refractivity contribution in [3.05, 3.63) is 33.9 Å². The smallest absolute Gasteiger partial charge is 0.225 e. The second-order valence-electron chi connectivity index (χ2n) is 5.63. The molecule has 1 aliphatic rings. The molecule has 0 saturated carbocycles. The number of nitrogens with zero attached hydrogens (tertiary/aromatic N) is 4. The fourth-order valence-electron chi connectivity index (χ4n) is 2.41. The van der Waals surface area contributed by atoms with Gasteiger partial charge in [-0.3, -0.25) is 4.79 Å². The molecule has 2 aromatic rings. The van der Waals surface area contributed by atoms with Crippen LogP contribution >= 0.6 is 11.3 Å². The number of hydrogen-bond donors (Lipinski definition) is 1. The highest BCUT2D eigenvalue weighted by molar-refractivity contribution is 7.11. The Kier molecular flexibility index (Phi) is 4.33. The maximum absolute atomic E-state index is 11.9. The summed E-state index contributed by atoms with van der Waals surface area (Å²) in [5.74, 6) is 1.46. The number of anilines is 1. The Hall–Kier alpha value is -2.02. The minimum Gasteiger partial charge on any atom is -0.355 e. The van der Waals surface area contributed by atoms with Crippen LogP contribution in [-0.2, 0) is 11.2 Å². The molecule has 3 heterocycles. The zero-order chi connectivity index (χ0) is 15.5. The topological polar surface area (TPSA) is 71.0 Å². The van der Waals surface area contributed by atoms with Crippen LogP contribution < -0.4 is 10.2 Å². The average Bonchev–Trinajstić information content (AvgIpc) is 2.84. The fraction of sp³-hybridized carbons (Fsp3) is 0.467. The molecule has 0 spiro atoms. The Morgan fingerprint density at radius 2 is 2.18 bits per heavy atom. The van der Waals surface area contributed by atoms with Crippen LogP contribution in [0.3, 0.4) is 0 Å². The predicted molar refractivity (Wildman–Crippen MR) is 86.0 cm³/mol. The van der Waals surface area contributed by atoms with Crippen molar-refractivity contribution in [2.24, 2.45) is 5.92 Å². The molecule has 7 heteroatoms. The van der Waals surface area contributed by atoms with Crippen LogP contribution in [0.15, 0.2) is 18.3 Å². The number of nitrogens with one attached hydrogen (secondary N) is 1. The van der Waals surface area contributed by atoms with Gasteiger partial charge in [-0.1, -0.05) is 0 Å². The maximum atomic E-state index is 11.9. The summed E-state index contributed by atoms with van der Waals surface area (Å²) in [5.41, 5.74) is 0.923. The van der Waals surface area contributed by atoms with E-state index in [0.717, 1.165) is 34.5 Å². The van der Waals surface area contributed by atoms with Crippen molar-refractivity contribution in [2.45, 2.75) is 20.3 Å². The number of hydrogen-bond acceptors (Lipinski definition) is 6. The number of carbonyl (C=O) groups excluding carboxylic acids is 1. The highest BCUT2D eigenvalue weighted by Crippen LogP contribution is 2.21. The summed E-state index contributed by atoms with van der Waals surface area (Å²) in [6.45, 7) is 6.42. The zero-order valence-electron chi connectivity index (χ0n) is 12.7. The quantitative estimate of drug-likeness (QED) is 0.901. The number of rotatable bonds is 5. The molecule has 1 fully saturated rings. The summed E-state index contributed by atoms with van der Waals surface area (Å²) in [4.78, 5) is 19.2. The molecule has 1 saturated heterocycles. The van der Waals surface area contributed by atoms with E-state index in [2.05, 4.69) is 25.4 Å². The van der Waals surface area contributed by atoms with Crippen molar-refractivity contribution in [3.63, 3.8) is 0 Å². The Labute approximate surface area is 133 Å². The molecule has 2 aromatic heterocycles. The summed E-state index contributed by atoms with van der Waals surface area (Å²) in [5, 5.41) is 12.2. The Bertz CT molecular complexity index is 648. The van der Waals surface area contributed by atoms with Gasteiger partial charge in [0.05, 0.1) is 17.1 Å². The normalized spacial score (nSPS) is 14.7. The summed E-state index contributed by atoms with van der Waals surface area (Å²) in [6.07, 6.45) is 2.20. The first kappa shape index (κ1) is 14.9. The molecule has 1 aliphatic heterocycles. The fourth-order valence-corrected chi connectivity index (χ4v) is 3.21. The summed E-state index contributed by atoms with van der Waals surface area (Å²) < 4.78 is 0. The number of thiazole rings is 1. The zero-order valence-corrected chi connectivity index (χ0v) is 13.6. The molecule has 1 N–H and O–H groups in total. The average molecular weight is 317 g/mol. The molecule has 0 radical (unpaired) electrons. The van der Waals surface area contributed by atoms with Gasteiger partial charge in [-0.2, -0.15) is 5.10 Å². The molecule has 0 atom stereocenters. The lowest BCUT2D eigenvalue weighted by Gasteiger charge is -2.39. The van der Waals surface area contributed by atoms with E-state index in [9.17, 15) is 4.79 Å². The second-order valence-corrected chi connectivity index (χ2v) is 6.95. The lowest BCUT2D eigenvalue weighted by atomic mass is 10.0. The van der Waals surface area contributed by atoms with Crippen molar-refractivity contribution >= 4 is 23.1 Å². The minimum atomic E-state index is 0.0669. The van der Waals surface area contributed by atoms with E-state index in [1.165, 1.54) is 0 Å². The lowest BCUT2D eigenvalue weighted by Crippen LogP contribution is -2.52. The van der Waals surface area contributed by atoms with E-state index in [-0.39, 0.29) is 5.91 Å². The molecule has 116 valence electrons. The summed E-state index contributed by atoms with van der Waals surface area (Å²) >= 11 is 1.57. The van der Waals surface area contributed by atoms with Gasteiger partial charge >= 0.3 is 0 Å². The monoisotopic (exact) mass is 317 g/mol. The molecule has 22 heavy (non-hydrogen) atoms. The van der Waals surface area contributed by atoms with E-state index in [1.54, 1.807) is 17.5 Å². The van der Waals surface area contributed by atoms with E-state index in [0.29, 0.717) is 18.9 Å². The number of aryl methyl sites for hydroxylation is 2. The molecule has 0 bridgehead atoms. The molecule has 0 aliphatic carbocycles. The Balaban J connectivity index is 1.39. The SMILES string of the molecule is Cc1ccc(N2CC(CNC(=O)Cc3cnc(C)s3)C2)nn1. The highest BCUT2D eigenvalue weighted by Gasteiger charge is 2.28. The van der Waals surface area contributed by atoms with Crippen molar-refractivity contribution < 1.29 is 4.79 Å². The van der Waals surface area contributed by atoms with Gasteiger partial charge in [-0.05, 0) is 26.0 Å².